The molecule has 5 nitrogen and oxygen atoms in total. The van der Waals surface area contributed by atoms with E-state index in [9.17, 15) is 13.2 Å². The Hall–Kier alpha value is -1.40. The summed E-state index contributed by atoms with van der Waals surface area (Å²) in [6, 6.07) is 6.40. The number of likely N-dealkylation sites (N-methyl/N-ethyl adjacent to an activating group) is 1. The number of hydrogen-bond donors (Lipinski definition) is 1. The molecule has 0 saturated heterocycles. The van der Waals surface area contributed by atoms with Crippen molar-refractivity contribution in [2.45, 2.75) is 37.8 Å². The Morgan fingerprint density at radius 2 is 1.76 bits per heavy atom. The van der Waals surface area contributed by atoms with E-state index in [0.717, 1.165) is 5.56 Å². The number of carbonyl (C=O) groups is 1. The zero-order valence-electron chi connectivity index (χ0n) is 13.3. The van der Waals surface area contributed by atoms with Gasteiger partial charge < -0.3 is 4.90 Å². The van der Waals surface area contributed by atoms with Crippen molar-refractivity contribution in [2.75, 3.05) is 19.8 Å². The van der Waals surface area contributed by atoms with Gasteiger partial charge in [0.25, 0.3) is 0 Å². The van der Waals surface area contributed by atoms with Crippen molar-refractivity contribution in [3.8, 4) is 0 Å². The lowest BCUT2D eigenvalue weighted by Crippen LogP contribution is -2.43. The minimum absolute atomic E-state index is 0.0390. The molecule has 1 rings (SSSR count). The first-order valence-corrected chi connectivity index (χ1v) is 8.87. The highest BCUT2D eigenvalue weighted by molar-refractivity contribution is 7.90. The van der Waals surface area contributed by atoms with Gasteiger partial charge in [-0.05, 0) is 38.5 Å². The zero-order valence-corrected chi connectivity index (χ0v) is 14.1. The van der Waals surface area contributed by atoms with Crippen LogP contribution in [0.25, 0.3) is 0 Å². The van der Waals surface area contributed by atoms with Gasteiger partial charge in [-0.3, -0.25) is 10.1 Å². The van der Waals surface area contributed by atoms with E-state index in [4.69, 9.17) is 0 Å². The average Bonchev–Trinajstić information content (AvgIpc) is 2.44. The predicted molar refractivity (Wildman–Crippen MR) is 83.9 cm³/mol. The maximum absolute atomic E-state index is 12.0. The first kappa shape index (κ1) is 17.7. The second-order valence-electron chi connectivity index (χ2n) is 5.30. The van der Waals surface area contributed by atoms with E-state index in [1.807, 2.05) is 20.8 Å². The van der Waals surface area contributed by atoms with Crippen LogP contribution >= 0.6 is 0 Å². The number of amides is 1. The highest BCUT2D eigenvalue weighted by Gasteiger charge is 2.19. The number of nitrogens with zero attached hydrogens (tertiary/aromatic N) is 1. The molecule has 0 heterocycles. The van der Waals surface area contributed by atoms with Crippen LogP contribution in [-0.2, 0) is 14.6 Å². The van der Waals surface area contributed by atoms with E-state index in [0.29, 0.717) is 11.4 Å². The number of benzene rings is 1. The number of nitrogens with one attached hydrogen (secondary N) is 1. The smallest absolute Gasteiger partial charge is 0.239 e. The molecule has 0 aliphatic heterocycles. The molecule has 0 spiro atoms. The molecule has 2 unspecified atom stereocenters. The molecule has 6 heteroatoms. The third-order valence-electron chi connectivity index (χ3n) is 3.53. The molecule has 0 aliphatic rings. The summed E-state index contributed by atoms with van der Waals surface area (Å²) in [5, 5.41) is 3.23. The molecule has 0 aromatic heterocycles. The Balaban J connectivity index is 2.76. The molecule has 1 aromatic rings. The topological polar surface area (TPSA) is 66.5 Å². The fourth-order valence-electron chi connectivity index (χ4n) is 2.03. The Morgan fingerprint density at radius 1 is 1.24 bits per heavy atom. The quantitative estimate of drug-likeness (QED) is 0.866. The second kappa shape index (κ2) is 7.04. The highest BCUT2D eigenvalue weighted by atomic mass is 32.2. The van der Waals surface area contributed by atoms with E-state index in [-0.39, 0.29) is 18.0 Å². The number of rotatable bonds is 6. The monoisotopic (exact) mass is 312 g/mol. The molecule has 1 amide bonds. The van der Waals surface area contributed by atoms with Gasteiger partial charge in [0, 0.05) is 25.9 Å². The van der Waals surface area contributed by atoms with Crippen molar-refractivity contribution in [1.82, 2.24) is 10.2 Å². The first-order chi connectivity index (χ1) is 9.66. The summed E-state index contributed by atoms with van der Waals surface area (Å²) >= 11 is 0. The van der Waals surface area contributed by atoms with Crippen LogP contribution in [0.3, 0.4) is 0 Å². The minimum atomic E-state index is -3.18. The van der Waals surface area contributed by atoms with Gasteiger partial charge in [0.2, 0.25) is 5.91 Å². The minimum Gasteiger partial charge on any atom is -0.345 e. The molecule has 0 bridgehead atoms. The number of sulfone groups is 1. The van der Waals surface area contributed by atoms with Crippen molar-refractivity contribution < 1.29 is 13.2 Å². The molecule has 0 aliphatic carbocycles. The number of hydrogen-bond acceptors (Lipinski definition) is 4. The van der Waals surface area contributed by atoms with Gasteiger partial charge >= 0.3 is 0 Å². The SMILES string of the molecule is CCN(C)C(=O)C(C)NC(C)c1ccc(S(C)(=O)=O)cc1. The van der Waals surface area contributed by atoms with Crippen molar-refractivity contribution in [3.63, 3.8) is 0 Å². The van der Waals surface area contributed by atoms with Gasteiger partial charge in [-0.2, -0.15) is 0 Å². The third-order valence-corrected chi connectivity index (χ3v) is 4.66. The molecule has 21 heavy (non-hydrogen) atoms. The summed E-state index contributed by atoms with van der Waals surface area (Å²) in [4.78, 5) is 14.0. The Kier molecular flexibility index (Phi) is 5.92. The van der Waals surface area contributed by atoms with Gasteiger partial charge in [-0.1, -0.05) is 12.1 Å². The van der Waals surface area contributed by atoms with Gasteiger partial charge in [0.15, 0.2) is 9.84 Å². The Bertz CT molecular complexity index is 581. The van der Waals surface area contributed by atoms with Crippen molar-refractivity contribution in [2.24, 2.45) is 0 Å². The maximum atomic E-state index is 12.0. The molecule has 1 N–H and O–H groups in total. The molecule has 0 saturated carbocycles. The van der Waals surface area contributed by atoms with Gasteiger partial charge in [0.1, 0.15) is 0 Å². The number of carbonyl (C=O) groups excluding carboxylic acids is 1. The molecule has 0 radical (unpaired) electrons. The second-order valence-corrected chi connectivity index (χ2v) is 7.32. The van der Waals surface area contributed by atoms with Crippen LogP contribution in [0, 0.1) is 0 Å². The summed E-state index contributed by atoms with van der Waals surface area (Å²) in [5.74, 6) is 0.0390. The summed E-state index contributed by atoms with van der Waals surface area (Å²) in [6.07, 6.45) is 1.19. The largest absolute Gasteiger partial charge is 0.345 e. The van der Waals surface area contributed by atoms with Crippen LogP contribution in [0.15, 0.2) is 29.2 Å². The van der Waals surface area contributed by atoms with Crippen LogP contribution in [0.1, 0.15) is 32.4 Å². The van der Waals surface area contributed by atoms with Gasteiger partial charge in [-0.15, -0.1) is 0 Å². The van der Waals surface area contributed by atoms with E-state index < -0.39 is 9.84 Å². The Labute approximate surface area is 127 Å². The van der Waals surface area contributed by atoms with Crippen LogP contribution < -0.4 is 5.32 Å². The molecular formula is C15H24N2O3S. The zero-order chi connectivity index (χ0) is 16.2. The lowest BCUT2D eigenvalue weighted by Gasteiger charge is -2.24. The standard InChI is InChI=1S/C15H24N2O3S/c1-6-17(4)15(18)12(3)16-11(2)13-7-9-14(10-8-13)21(5,19)20/h7-12,16H,6H2,1-5H3. The van der Waals surface area contributed by atoms with Gasteiger partial charge in [-0.25, -0.2) is 8.42 Å². The van der Waals surface area contributed by atoms with Crippen molar-refractivity contribution in [1.29, 1.82) is 0 Å². The molecule has 1 aromatic carbocycles. The molecule has 2 atom stereocenters. The summed E-state index contributed by atoms with van der Waals surface area (Å²) in [5.41, 5.74) is 0.946. The lowest BCUT2D eigenvalue weighted by atomic mass is 10.1. The summed E-state index contributed by atoms with van der Waals surface area (Å²) in [6.45, 7) is 6.38. The summed E-state index contributed by atoms with van der Waals surface area (Å²) < 4.78 is 22.8. The predicted octanol–water partition coefficient (Wildman–Crippen LogP) is 1.61. The van der Waals surface area contributed by atoms with Crippen molar-refractivity contribution >= 4 is 15.7 Å². The molecule has 0 fully saturated rings. The van der Waals surface area contributed by atoms with Crippen LogP contribution in [0.4, 0.5) is 0 Å². The highest BCUT2D eigenvalue weighted by Crippen LogP contribution is 2.17. The average molecular weight is 312 g/mol. The van der Waals surface area contributed by atoms with E-state index >= 15 is 0 Å². The normalized spacial score (nSPS) is 14.5. The first-order valence-electron chi connectivity index (χ1n) is 6.97. The maximum Gasteiger partial charge on any atom is 0.239 e. The fourth-order valence-corrected chi connectivity index (χ4v) is 2.66. The van der Waals surface area contributed by atoms with E-state index in [2.05, 4.69) is 5.32 Å². The van der Waals surface area contributed by atoms with Crippen LogP contribution in [0.2, 0.25) is 0 Å². The molecule has 118 valence electrons. The van der Waals surface area contributed by atoms with E-state index in [1.54, 1.807) is 36.2 Å². The summed E-state index contributed by atoms with van der Waals surface area (Å²) in [7, 11) is -1.41. The lowest BCUT2D eigenvalue weighted by molar-refractivity contribution is -0.131. The van der Waals surface area contributed by atoms with Crippen LogP contribution in [0.5, 0.6) is 0 Å². The third kappa shape index (κ3) is 4.82. The fraction of sp³-hybridized carbons (Fsp3) is 0.533. The van der Waals surface area contributed by atoms with E-state index in [1.165, 1.54) is 6.26 Å². The van der Waals surface area contributed by atoms with Crippen LogP contribution in [-0.4, -0.2) is 45.1 Å². The molecular weight excluding hydrogens is 288 g/mol. The Morgan fingerprint density at radius 3 is 2.19 bits per heavy atom. The van der Waals surface area contributed by atoms with Gasteiger partial charge in [0.05, 0.1) is 10.9 Å². The van der Waals surface area contributed by atoms with Crippen molar-refractivity contribution in [3.05, 3.63) is 29.8 Å².